The number of nitrogens with zero attached hydrogens (tertiary/aromatic N) is 1. The number of amides is 2. The number of anilines is 2. The highest BCUT2D eigenvalue weighted by Crippen LogP contribution is 2.28. The lowest BCUT2D eigenvalue weighted by Crippen LogP contribution is -2.28. The third-order valence-electron chi connectivity index (χ3n) is 5.32. The van der Waals surface area contributed by atoms with E-state index in [0.717, 1.165) is 17.0 Å². The first-order valence-corrected chi connectivity index (χ1v) is 10.6. The molecule has 4 rings (SSSR count). The van der Waals surface area contributed by atoms with Crippen LogP contribution in [-0.2, 0) is 16.2 Å². The van der Waals surface area contributed by atoms with Crippen LogP contribution in [0.1, 0.15) is 12.0 Å². The zero-order chi connectivity index (χ0) is 22.5. The SMILES string of the molecule is COc1ccc(N2CC(C(=O)Nc3ccc(OCc4ccc(Cl)cc4)cc3)CC2=O)cc1. The van der Waals surface area contributed by atoms with Crippen LogP contribution in [0.15, 0.2) is 72.8 Å². The lowest BCUT2D eigenvalue weighted by atomic mass is 10.1. The summed E-state index contributed by atoms with van der Waals surface area (Å²) in [6.45, 7) is 0.771. The van der Waals surface area contributed by atoms with E-state index in [9.17, 15) is 9.59 Å². The van der Waals surface area contributed by atoms with Crippen molar-refractivity contribution in [1.29, 1.82) is 0 Å². The third kappa shape index (κ3) is 5.21. The summed E-state index contributed by atoms with van der Waals surface area (Å²) < 4.78 is 10.9. The molecule has 3 aromatic rings. The maximum Gasteiger partial charge on any atom is 0.229 e. The van der Waals surface area contributed by atoms with Gasteiger partial charge < -0.3 is 19.7 Å². The molecule has 3 aromatic carbocycles. The van der Waals surface area contributed by atoms with Gasteiger partial charge in [-0.05, 0) is 66.2 Å². The van der Waals surface area contributed by atoms with Crippen LogP contribution in [-0.4, -0.2) is 25.5 Å². The normalized spacial score (nSPS) is 15.5. The predicted molar refractivity (Wildman–Crippen MR) is 124 cm³/mol. The van der Waals surface area contributed by atoms with Crippen LogP contribution in [0.5, 0.6) is 11.5 Å². The van der Waals surface area contributed by atoms with Gasteiger partial charge in [0.25, 0.3) is 0 Å². The van der Waals surface area contributed by atoms with Crippen LogP contribution < -0.4 is 19.7 Å². The number of hydrogen-bond donors (Lipinski definition) is 1. The Labute approximate surface area is 191 Å². The lowest BCUT2D eigenvalue weighted by molar-refractivity contribution is -0.122. The van der Waals surface area contributed by atoms with E-state index in [-0.39, 0.29) is 18.2 Å². The number of halogens is 1. The number of nitrogens with one attached hydrogen (secondary N) is 1. The smallest absolute Gasteiger partial charge is 0.229 e. The fraction of sp³-hybridized carbons (Fsp3) is 0.200. The number of methoxy groups -OCH3 is 1. The van der Waals surface area contributed by atoms with Crippen molar-refractivity contribution >= 4 is 34.8 Å². The number of ether oxygens (including phenoxy) is 2. The Morgan fingerprint density at radius 2 is 1.66 bits per heavy atom. The minimum atomic E-state index is -0.412. The molecule has 164 valence electrons. The fourth-order valence-corrected chi connectivity index (χ4v) is 3.65. The van der Waals surface area contributed by atoms with Crippen LogP contribution in [0.3, 0.4) is 0 Å². The molecule has 1 fully saturated rings. The second kappa shape index (κ2) is 9.75. The van der Waals surface area contributed by atoms with Crippen molar-refractivity contribution in [3.8, 4) is 11.5 Å². The van der Waals surface area contributed by atoms with E-state index in [4.69, 9.17) is 21.1 Å². The maximum absolute atomic E-state index is 12.7. The standard InChI is InChI=1S/C25H23ClN2O4/c1-31-22-12-8-21(9-13-22)28-15-18(14-24(28)29)25(30)27-20-6-10-23(11-7-20)32-16-17-2-4-19(26)5-3-17/h2-13,18H,14-16H2,1H3,(H,27,30). The van der Waals surface area contributed by atoms with Crippen molar-refractivity contribution in [2.45, 2.75) is 13.0 Å². The number of carbonyl (C=O) groups excluding carboxylic acids is 2. The van der Waals surface area contributed by atoms with Gasteiger partial charge in [-0.15, -0.1) is 0 Å². The topological polar surface area (TPSA) is 67.9 Å². The van der Waals surface area contributed by atoms with Crippen molar-refractivity contribution in [3.63, 3.8) is 0 Å². The summed E-state index contributed by atoms with van der Waals surface area (Å²) in [4.78, 5) is 26.8. The minimum Gasteiger partial charge on any atom is -0.497 e. The van der Waals surface area contributed by atoms with Gasteiger partial charge >= 0.3 is 0 Å². The molecule has 6 nitrogen and oxygen atoms in total. The van der Waals surface area contributed by atoms with Crippen LogP contribution >= 0.6 is 11.6 Å². The molecular formula is C25H23ClN2O4. The minimum absolute atomic E-state index is 0.0683. The second-order valence-corrected chi connectivity index (χ2v) is 7.97. The molecule has 0 spiro atoms. The molecule has 2 amide bonds. The van der Waals surface area contributed by atoms with E-state index in [1.165, 1.54) is 0 Å². The Bertz CT molecular complexity index is 1080. The number of rotatable bonds is 7. The first-order chi connectivity index (χ1) is 15.5. The molecule has 0 aromatic heterocycles. The van der Waals surface area contributed by atoms with E-state index >= 15 is 0 Å². The highest BCUT2D eigenvalue weighted by molar-refractivity contribution is 6.30. The van der Waals surface area contributed by atoms with Gasteiger partial charge in [-0.25, -0.2) is 0 Å². The zero-order valence-electron chi connectivity index (χ0n) is 17.6. The molecule has 0 bridgehead atoms. The van der Waals surface area contributed by atoms with E-state index in [2.05, 4.69) is 5.32 Å². The highest BCUT2D eigenvalue weighted by atomic mass is 35.5. The van der Waals surface area contributed by atoms with E-state index in [0.29, 0.717) is 29.6 Å². The van der Waals surface area contributed by atoms with Crippen molar-refractivity contribution < 1.29 is 19.1 Å². The average molecular weight is 451 g/mol. The van der Waals surface area contributed by atoms with Gasteiger partial charge in [0.05, 0.1) is 13.0 Å². The molecule has 7 heteroatoms. The molecule has 1 aliphatic heterocycles. The fourth-order valence-electron chi connectivity index (χ4n) is 3.52. The monoisotopic (exact) mass is 450 g/mol. The Morgan fingerprint density at radius 3 is 2.31 bits per heavy atom. The first kappa shape index (κ1) is 21.7. The van der Waals surface area contributed by atoms with Gasteiger partial charge in [0.2, 0.25) is 11.8 Å². The summed E-state index contributed by atoms with van der Waals surface area (Å²) >= 11 is 5.89. The molecule has 1 N–H and O–H groups in total. The van der Waals surface area contributed by atoms with Crippen molar-refractivity contribution in [2.24, 2.45) is 5.92 Å². The quantitative estimate of drug-likeness (QED) is 0.554. The maximum atomic E-state index is 12.7. The van der Waals surface area contributed by atoms with Crippen molar-refractivity contribution in [3.05, 3.63) is 83.4 Å². The third-order valence-corrected chi connectivity index (χ3v) is 5.57. The lowest BCUT2D eigenvalue weighted by Gasteiger charge is -2.17. The summed E-state index contributed by atoms with van der Waals surface area (Å²) in [5.74, 6) is 0.755. The first-order valence-electron chi connectivity index (χ1n) is 10.2. The number of carbonyl (C=O) groups is 2. The molecule has 32 heavy (non-hydrogen) atoms. The zero-order valence-corrected chi connectivity index (χ0v) is 18.3. The molecule has 1 saturated heterocycles. The summed E-state index contributed by atoms with van der Waals surface area (Å²) in [7, 11) is 1.59. The summed E-state index contributed by atoms with van der Waals surface area (Å²) in [6.07, 6.45) is 0.181. The van der Waals surface area contributed by atoms with Crippen LogP contribution in [0.4, 0.5) is 11.4 Å². The van der Waals surface area contributed by atoms with Crippen molar-refractivity contribution in [2.75, 3.05) is 23.9 Å². The molecular weight excluding hydrogens is 428 g/mol. The van der Waals surface area contributed by atoms with Gasteiger partial charge in [-0.3, -0.25) is 9.59 Å². The summed E-state index contributed by atoms with van der Waals surface area (Å²) in [5.41, 5.74) is 2.43. The highest BCUT2D eigenvalue weighted by Gasteiger charge is 2.35. The van der Waals surface area contributed by atoms with Gasteiger partial charge in [0.15, 0.2) is 0 Å². The average Bonchev–Trinajstić information content (AvgIpc) is 3.21. The summed E-state index contributed by atoms with van der Waals surface area (Å²) in [5, 5.41) is 3.58. The van der Waals surface area contributed by atoms with Crippen LogP contribution in [0, 0.1) is 5.92 Å². The second-order valence-electron chi connectivity index (χ2n) is 7.53. The number of benzene rings is 3. The Balaban J connectivity index is 1.31. The summed E-state index contributed by atoms with van der Waals surface area (Å²) in [6, 6.07) is 21.9. The molecule has 1 atom stereocenters. The Hall–Kier alpha value is -3.51. The molecule has 1 heterocycles. The molecule has 1 aliphatic rings. The van der Waals surface area contributed by atoms with Crippen LogP contribution in [0.25, 0.3) is 0 Å². The molecule has 0 saturated carbocycles. The Kier molecular flexibility index (Phi) is 6.61. The van der Waals surface area contributed by atoms with E-state index in [1.54, 1.807) is 48.4 Å². The predicted octanol–water partition coefficient (Wildman–Crippen LogP) is 4.92. The van der Waals surface area contributed by atoms with E-state index < -0.39 is 5.92 Å². The Morgan fingerprint density at radius 1 is 1.00 bits per heavy atom. The molecule has 0 aliphatic carbocycles. The molecule has 1 unspecified atom stereocenters. The van der Waals surface area contributed by atoms with Gasteiger partial charge in [-0.2, -0.15) is 0 Å². The van der Waals surface area contributed by atoms with Gasteiger partial charge in [0.1, 0.15) is 18.1 Å². The largest absolute Gasteiger partial charge is 0.497 e. The van der Waals surface area contributed by atoms with Crippen LogP contribution in [0.2, 0.25) is 5.02 Å². The van der Waals surface area contributed by atoms with Gasteiger partial charge in [0, 0.05) is 29.4 Å². The number of hydrogen-bond acceptors (Lipinski definition) is 4. The van der Waals surface area contributed by atoms with Gasteiger partial charge in [-0.1, -0.05) is 23.7 Å². The molecule has 0 radical (unpaired) electrons. The van der Waals surface area contributed by atoms with E-state index in [1.807, 2.05) is 36.4 Å². The van der Waals surface area contributed by atoms with Crippen molar-refractivity contribution in [1.82, 2.24) is 0 Å².